The lowest BCUT2D eigenvalue weighted by atomic mass is 10.0. The molecule has 0 aromatic heterocycles. The molecule has 166 valence electrons. The molecule has 0 unspecified atom stereocenters. The van der Waals surface area contributed by atoms with Gasteiger partial charge in [0.05, 0.1) is 17.0 Å². The zero-order valence-corrected chi connectivity index (χ0v) is 19.7. The van der Waals surface area contributed by atoms with Crippen molar-refractivity contribution < 1.29 is 22.7 Å². The van der Waals surface area contributed by atoms with Crippen LogP contribution in [0.25, 0.3) is 0 Å². The number of methoxy groups -OCH3 is 1. The highest BCUT2D eigenvalue weighted by Crippen LogP contribution is 2.28. The minimum Gasteiger partial charge on any atom is -0.497 e. The van der Waals surface area contributed by atoms with Gasteiger partial charge in [-0.3, -0.25) is 9.59 Å². The number of Topliss-reactive ketones (excluding diaryl/α,β-unsaturated/α-hetero) is 2. The van der Waals surface area contributed by atoms with Crippen LogP contribution in [0.3, 0.4) is 0 Å². The van der Waals surface area contributed by atoms with Crippen molar-refractivity contribution in [3.63, 3.8) is 0 Å². The average Bonchev–Trinajstić information content (AvgIpc) is 2.77. The predicted octanol–water partition coefficient (Wildman–Crippen LogP) is 5.61. The molecule has 0 N–H and O–H groups in total. The number of carbonyl (C=O) groups is 2. The highest BCUT2D eigenvalue weighted by atomic mass is 35.5. The zero-order chi connectivity index (χ0) is 23.5. The molecule has 32 heavy (non-hydrogen) atoms. The van der Waals surface area contributed by atoms with Gasteiger partial charge in [0, 0.05) is 22.6 Å². The molecule has 0 amide bonds. The second kappa shape index (κ2) is 9.86. The lowest BCUT2D eigenvalue weighted by Crippen LogP contribution is -2.33. The number of ketones is 2. The van der Waals surface area contributed by atoms with Gasteiger partial charge in [-0.1, -0.05) is 53.0 Å². The largest absolute Gasteiger partial charge is 0.497 e. The van der Waals surface area contributed by atoms with Crippen LogP contribution < -0.4 is 4.74 Å². The molecule has 3 aromatic rings. The predicted molar refractivity (Wildman–Crippen MR) is 125 cm³/mol. The highest BCUT2D eigenvalue weighted by molar-refractivity contribution is 7.92. The van der Waals surface area contributed by atoms with Gasteiger partial charge in [-0.15, -0.1) is 0 Å². The number of aryl methyl sites for hydroxylation is 1. The first-order valence-electron chi connectivity index (χ1n) is 9.60. The third-order valence-corrected chi connectivity index (χ3v) is 7.58. The molecule has 1 atom stereocenters. The highest BCUT2D eigenvalue weighted by Gasteiger charge is 2.37. The van der Waals surface area contributed by atoms with Gasteiger partial charge in [-0.05, 0) is 49.4 Å². The molecule has 3 aromatic carbocycles. The maximum Gasteiger partial charge on any atom is 0.189 e. The summed E-state index contributed by atoms with van der Waals surface area (Å²) in [5.41, 5.74) is 1.09. The van der Waals surface area contributed by atoms with Gasteiger partial charge in [0.2, 0.25) is 0 Å². The van der Waals surface area contributed by atoms with E-state index >= 15 is 0 Å². The van der Waals surface area contributed by atoms with Gasteiger partial charge in [-0.2, -0.15) is 0 Å². The second-order valence-electron chi connectivity index (χ2n) is 7.19. The summed E-state index contributed by atoms with van der Waals surface area (Å²) in [6.07, 6.45) is -0.576. The Morgan fingerprint density at radius 3 is 2.28 bits per heavy atom. The van der Waals surface area contributed by atoms with Crippen LogP contribution in [0.15, 0.2) is 71.6 Å². The van der Waals surface area contributed by atoms with Crippen molar-refractivity contribution in [3.8, 4) is 5.75 Å². The van der Waals surface area contributed by atoms with E-state index in [1.54, 1.807) is 24.3 Å². The van der Waals surface area contributed by atoms with Gasteiger partial charge in [0.1, 0.15) is 11.0 Å². The summed E-state index contributed by atoms with van der Waals surface area (Å²) in [5.74, 6) is -0.888. The first-order chi connectivity index (χ1) is 15.1. The Balaban J connectivity index is 2.06. The Kier molecular flexibility index (Phi) is 7.39. The SMILES string of the molecule is COc1cccc(C(=O)[C@H](CC(=O)c2ccc(Cl)cc2Cl)S(=O)(=O)c2ccc(C)cc2)c1. The minimum atomic E-state index is -4.19. The van der Waals surface area contributed by atoms with Gasteiger partial charge in [-0.25, -0.2) is 8.42 Å². The van der Waals surface area contributed by atoms with Crippen molar-refractivity contribution in [1.82, 2.24) is 0 Å². The van der Waals surface area contributed by atoms with Crippen LogP contribution in [0.2, 0.25) is 10.0 Å². The van der Waals surface area contributed by atoms with Crippen molar-refractivity contribution in [1.29, 1.82) is 0 Å². The lowest BCUT2D eigenvalue weighted by Gasteiger charge is -2.17. The molecule has 3 rings (SSSR count). The number of hydrogen-bond acceptors (Lipinski definition) is 5. The summed E-state index contributed by atoms with van der Waals surface area (Å²) in [5, 5.41) is -1.22. The standard InChI is InChI=1S/C24H20Cl2O5S/c1-15-6-9-19(10-7-15)32(29,30)23(24(28)16-4-3-5-18(12-16)31-2)14-22(27)20-11-8-17(25)13-21(20)26/h3-13,23H,14H2,1-2H3/t23-/m0/s1. The molecule has 0 bridgehead atoms. The lowest BCUT2D eigenvalue weighted by molar-refractivity contribution is 0.0920. The van der Waals surface area contributed by atoms with Crippen LogP contribution in [0.1, 0.15) is 32.7 Å². The number of hydrogen-bond donors (Lipinski definition) is 0. The zero-order valence-electron chi connectivity index (χ0n) is 17.3. The van der Waals surface area contributed by atoms with Gasteiger partial charge in [0.25, 0.3) is 0 Å². The van der Waals surface area contributed by atoms with E-state index < -0.39 is 33.1 Å². The fourth-order valence-electron chi connectivity index (χ4n) is 3.19. The molecular weight excluding hydrogens is 471 g/mol. The van der Waals surface area contributed by atoms with Crippen molar-refractivity contribution in [2.75, 3.05) is 7.11 Å². The number of carbonyl (C=O) groups excluding carboxylic acids is 2. The van der Waals surface area contributed by atoms with Gasteiger partial charge in [0.15, 0.2) is 21.4 Å². The molecule has 0 saturated carbocycles. The van der Waals surface area contributed by atoms with E-state index in [0.717, 1.165) is 5.56 Å². The van der Waals surface area contributed by atoms with E-state index in [1.807, 2.05) is 6.92 Å². The third-order valence-electron chi connectivity index (χ3n) is 4.97. The molecular formula is C24H20Cl2O5S. The molecule has 0 saturated heterocycles. The first kappa shape index (κ1) is 24.0. The monoisotopic (exact) mass is 490 g/mol. The summed E-state index contributed by atoms with van der Waals surface area (Å²) < 4.78 is 32.1. The normalized spacial score (nSPS) is 12.2. The van der Waals surface area contributed by atoms with Crippen LogP contribution in [0.5, 0.6) is 5.75 Å². The molecule has 0 aliphatic carbocycles. The number of sulfone groups is 1. The van der Waals surface area contributed by atoms with E-state index in [1.165, 1.54) is 49.6 Å². The van der Waals surface area contributed by atoms with Crippen molar-refractivity contribution >= 4 is 44.6 Å². The van der Waals surface area contributed by atoms with Crippen LogP contribution in [-0.2, 0) is 9.84 Å². The fraction of sp³-hybridized carbons (Fsp3) is 0.167. The molecule has 8 heteroatoms. The molecule has 5 nitrogen and oxygen atoms in total. The smallest absolute Gasteiger partial charge is 0.189 e. The summed E-state index contributed by atoms with van der Waals surface area (Å²) in [4.78, 5) is 26.3. The van der Waals surface area contributed by atoms with Crippen molar-refractivity contribution in [2.45, 2.75) is 23.5 Å². The van der Waals surface area contributed by atoms with Gasteiger partial charge < -0.3 is 4.74 Å². The molecule has 0 fully saturated rings. The minimum absolute atomic E-state index is 0.0423. The molecule has 0 heterocycles. The number of ether oxygens (including phenoxy) is 1. The van der Waals surface area contributed by atoms with Crippen LogP contribution in [0, 0.1) is 6.92 Å². The molecule has 0 spiro atoms. The third kappa shape index (κ3) is 5.21. The maximum absolute atomic E-state index is 13.5. The Bertz CT molecular complexity index is 1270. The molecule has 0 aliphatic rings. The van der Waals surface area contributed by atoms with Crippen molar-refractivity contribution in [3.05, 3.63) is 93.5 Å². The Hall–Kier alpha value is -2.67. The van der Waals surface area contributed by atoms with Crippen molar-refractivity contribution in [2.24, 2.45) is 0 Å². The average molecular weight is 491 g/mol. The Morgan fingerprint density at radius 1 is 0.969 bits per heavy atom. The first-order valence-corrected chi connectivity index (χ1v) is 11.9. The quantitative estimate of drug-likeness (QED) is 0.383. The summed E-state index contributed by atoms with van der Waals surface area (Å²) >= 11 is 12.0. The molecule has 0 radical (unpaired) electrons. The number of benzene rings is 3. The Labute approximate surface area is 196 Å². The summed E-state index contributed by atoms with van der Waals surface area (Å²) in [6.45, 7) is 1.82. The fourth-order valence-corrected chi connectivity index (χ4v) is 5.34. The van der Waals surface area contributed by atoms with E-state index in [-0.39, 0.29) is 21.0 Å². The van der Waals surface area contributed by atoms with Crippen LogP contribution in [0.4, 0.5) is 0 Å². The number of rotatable bonds is 8. The van der Waals surface area contributed by atoms with Crippen LogP contribution in [-0.4, -0.2) is 32.3 Å². The molecule has 0 aliphatic heterocycles. The van der Waals surface area contributed by atoms with E-state index in [9.17, 15) is 18.0 Å². The number of halogens is 2. The van der Waals surface area contributed by atoms with Crippen LogP contribution >= 0.6 is 23.2 Å². The topological polar surface area (TPSA) is 77.5 Å². The summed E-state index contributed by atoms with van der Waals surface area (Å²) in [6, 6.07) is 16.6. The van der Waals surface area contributed by atoms with Gasteiger partial charge >= 0.3 is 0 Å². The van der Waals surface area contributed by atoms with E-state index in [2.05, 4.69) is 0 Å². The van der Waals surface area contributed by atoms with E-state index in [0.29, 0.717) is 10.8 Å². The summed E-state index contributed by atoms with van der Waals surface area (Å²) in [7, 11) is -2.75. The van der Waals surface area contributed by atoms with E-state index in [4.69, 9.17) is 27.9 Å². The maximum atomic E-state index is 13.5. The Morgan fingerprint density at radius 2 is 1.66 bits per heavy atom. The second-order valence-corrected chi connectivity index (χ2v) is 10.2.